The molecule has 2 heterocycles. The van der Waals surface area contributed by atoms with Crippen LogP contribution in [0.25, 0.3) is 0 Å². The van der Waals surface area contributed by atoms with Gasteiger partial charge in [-0.05, 0) is 12.8 Å². The number of aromatic nitrogens is 2. The Kier molecular flexibility index (Phi) is 4.34. The minimum absolute atomic E-state index is 0.316. The van der Waals surface area contributed by atoms with E-state index in [1.807, 2.05) is 0 Å². The van der Waals surface area contributed by atoms with Crippen molar-refractivity contribution < 1.29 is 8.42 Å². The van der Waals surface area contributed by atoms with Gasteiger partial charge in [-0.2, -0.15) is 21.2 Å². The lowest BCUT2D eigenvalue weighted by Crippen LogP contribution is -2.37. The minimum atomic E-state index is -3.35. The maximum atomic E-state index is 12.4. The highest BCUT2D eigenvalue weighted by molar-refractivity contribution is 7.99. The van der Waals surface area contributed by atoms with Gasteiger partial charge in [0.1, 0.15) is 4.90 Å². The summed E-state index contributed by atoms with van der Waals surface area (Å²) in [4.78, 5) is 0.316. The Hall–Kier alpha value is -0.570. The van der Waals surface area contributed by atoms with Crippen LogP contribution in [-0.2, 0) is 16.6 Å². The Morgan fingerprint density at radius 1 is 1.35 bits per heavy atom. The molecular formula is C12H20N4O2S2. The van der Waals surface area contributed by atoms with Crippen molar-refractivity contribution in [2.24, 2.45) is 0 Å². The van der Waals surface area contributed by atoms with E-state index in [1.165, 1.54) is 19.0 Å². The number of thioether (sulfide) groups is 1. The predicted molar refractivity (Wildman–Crippen MR) is 79.3 cm³/mol. The van der Waals surface area contributed by atoms with Gasteiger partial charge >= 0.3 is 0 Å². The maximum absolute atomic E-state index is 12.4. The van der Waals surface area contributed by atoms with Gasteiger partial charge in [-0.3, -0.25) is 4.68 Å². The van der Waals surface area contributed by atoms with Gasteiger partial charge in [-0.1, -0.05) is 0 Å². The number of hydrogen-bond acceptors (Lipinski definition) is 5. The molecule has 0 spiro atoms. The summed E-state index contributed by atoms with van der Waals surface area (Å²) in [5.41, 5.74) is 0. The molecule has 0 radical (unpaired) electrons. The molecular weight excluding hydrogens is 296 g/mol. The number of nitrogens with zero attached hydrogens (tertiary/aromatic N) is 3. The van der Waals surface area contributed by atoms with E-state index in [2.05, 4.69) is 10.4 Å². The topological polar surface area (TPSA) is 67.2 Å². The highest BCUT2D eigenvalue weighted by Gasteiger charge is 2.27. The van der Waals surface area contributed by atoms with Crippen LogP contribution in [0.4, 0.5) is 0 Å². The van der Waals surface area contributed by atoms with Crippen LogP contribution < -0.4 is 5.32 Å². The molecule has 8 heteroatoms. The summed E-state index contributed by atoms with van der Waals surface area (Å²) in [6.45, 7) is 2.75. The van der Waals surface area contributed by atoms with Gasteiger partial charge < -0.3 is 5.32 Å². The summed E-state index contributed by atoms with van der Waals surface area (Å²) in [7, 11) is -3.35. The van der Waals surface area contributed by atoms with Gasteiger partial charge in [0.25, 0.3) is 0 Å². The number of sulfonamides is 1. The summed E-state index contributed by atoms with van der Waals surface area (Å²) in [5.74, 6) is 1.75. The monoisotopic (exact) mass is 316 g/mol. The summed E-state index contributed by atoms with van der Waals surface area (Å²) < 4.78 is 28.2. The van der Waals surface area contributed by atoms with Gasteiger partial charge in [0.2, 0.25) is 10.0 Å². The lowest BCUT2D eigenvalue weighted by Gasteiger charge is -2.24. The summed E-state index contributed by atoms with van der Waals surface area (Å²) >= 11 is 1.80. The second-order valence-corrected chi connectivity index (χ2v) is 8.35. The minimum Gasteiger partial charge on any atom is -0.312 e. The molecule has 1 saturated carbocycles. The van der Waals surface area contributed by atoms with Crippen LogP contribution in [0.3, 0.4) is 0 Å². The largest absolute Gasteiger partial charge is 0.312 e. The molecule has 2 aliphatic rings. The first-order chi connectivity index (χ1) is 9.66. The first kappa shape index (κ1) is 14.4. The molecule has 0 aromatic carbocycles. The van der Waals surface area contributed by atoms with Crippen molar-refractivity contribution in [3.05, 3.63) is 12.4 Å². The third kappa shape index (κ3) is 3.36. The average Bonchev–Trinajstić information content (AvgIpc) is 3.15. The second kappa shape index (κ2) is 6.05. The number of rotatable bonds is 6. The summed E-state index contributed by atoms with van der Waals surface area (Å²) in [6.07, 6.45) is 5.62. The Balaban J connectivity index is 1.61. The van der Waals surface area contributed by atoms with Crippen molar-refractivity contribution in [2.75, 3.05) is 31.1 Å². The molecule has 2 fully saturated rings. The normalized spacial score (nSPS) is 21.2. The van der Waals surface area contributed by atoms with E-state index in [4.69, 9.17) is 0 Å². The predicted octanol–water partition coefficient (Wildman–Crippen LogP) is 0.373. The molecule has 0 amide bonds. The molecule has 6 nitrogen and oxygen atoms in total. The van der Waals surface area contributed by atoms with Crippen LogP contribution in [0, 0.1) is 0 Å². The Morgan fingerprint density at radius 2 is 2.10 bits per heavy atom. The molecule has 1 N–H and O–H groups in total. The van der Waals surface area contributed by atoms with Crippen molar-refractivity contribution in [1.82, 2.24) is 19.4 Å². The van der Waals surface area contributed by atoms with Crippen molar-refractivity contribution in [3.63, 3.8) is 0 Å². The van der Waals surface area contributed by atoms with Gasteiger partial charge in [0, 0.05) is 43.4 Å². The molecule has 3 rings (SSSR count). The molecule has 0 unspecified atom stereocenters. The van der Waals surface area contributed by atoms with Crippen molar-refractivity contribution >= 4 is 21.8 Å². The SMILES string of the molecule is O=S(=O)(c1cnn(CCNC2CC2)c1)N1CCSCC1. The first-order valence-corrected chi connectivity index (χ1v) is 9.59. The van der Waals surface area contributed by atoms with Crippen LogP contribution in [0.5, 0.6) is 0 Å². The third-order valence-electron chi connectivity index (χ3n) is 3.57. The van der Waals surface area contributed by atoms with E-state index in [1.54, 1.807) is 26.9 Å². The molecule has 112 valence electrons. The fourth-order valence-electron chi connectivity index (χ4n) is 2.21. The molecule has 0 atom stereocenters. The lowest BCUT2D eigenvalue weighted by atomic mass is 10.6. The summed E-state index contributed by atoms with van der Waals surface area (Å²) in [6, 6.07) is 0.666. The summed E-state index contributed by atoms with van der Waals surface area (Å²) in [5, 5.41) is 7.55. The molecule has 20 heavy (non-hydrogen) atoms. The Morgan fingerprint density at radius 3 is 2.80 bits per heavy atom. The van der Waals surface area contributed by atoms with Crippen LogP contribution in [0.15, 0.2) is 17.3 Å². The molecule has 1 aromatic rings. The smallest absolute Gasteiger partial charge is 0.246 e. The quantitative estimate of drug-likeness (QED) is 0.821. The van der Waals surface area contributed by atoms with Crippen LogP contribution in [0.1, 0.15) is 12.8 Å². The van der Waals surface area contributed by atoms with Crippen LogP contribution in [0.2, 0.25) is 0 Å². The van der Waals surface area contributed by atoms with Crippen molar-refractivity contribution in [1.29, 1.82) is 0 Å². The standard InChI is InChI=1S/C12H20N4O2S2/c17-20(18,16-5-7-19-8-6-16)12-9-14-15(10-12)4-3-13-11-1-2-11/h9-11,13H,1-8H2. The van der Waals surface area contributed by atoms with Gasteiger partial charge in [0.05, 0.1) is 12.7 Å². The Bertz CT molecular complexity index is 548. The van der Waals surface area contributed by atoms with Gasteiger partial charge in [0.15, 0.2) is 0 Å². The average molecular weight is 316 g/mol. The second-order valence-electron chi connectivity index (χ2n) is 5.18. The zero-order valence-corrected chi connectivity index (χ0v) is 13.0. The first-order valence-electron chi connectivity index (χ1n) is 7.00. The fourth-order valence-corrected chi connectivity index (χ4v) is 4.74. The third-order valence-corrected chi connectivity index (χ3v) is 6.36. The number of hydrogen-bond donors (Lipinski definition) is 1. The van der Waals surface area contributed by atoms with Crippen LogP contribution >= 0.6 is 11.8 Å². The Labute approximate surface area is 124 Å². The van der Waals surface area contributed by atoms with Gasteiger partial charge in [-0.15, -0.1) is 0 Å². The zero-order chi connectivity index (χ0) is 14.0. The van der Waals surface area contributed by atoms with E-state index < -0.39 is 10.0 Å². The molecule has 0 bridgehead atoms. The fraction of sp³-hybridized carbons (Fsp3) is 0.750. The molecule has 1 aliphatic heterocycles. The number of nitrogens with one attached hydrogen (secondary N) is 1. The molecule has 1 aromatic heterocycles. The maximum Gasteiger partial charge on any atom is 0.246 e. The van der Waals surface area contributed by atoms with Crippen LogP contribution in [-0.4, -0.2) is 59.7 Å². The highest BCUT2D eigenvalue weighted by Crippen LogP contribution is 2.20. The van der Waals surface area contributed by atoms with E-state index in [9.17, 15) is 8.42 Å². The zero-order valence-electron chi connectivity index (χ0n) is 11.4. The van der Waals surface area contributed by atoms with Crippen molar-refractivity contribution in [3.8, 4) is 0 Å². The van der Waals surface area contributed by atoms with E-state index in [-0.39, 0.29) is 0 Å². The lowest BCUT2D eigenvalue weighted by molar-refractivity contribution is 0.443. The molecule has 1 aliphatic carbocycles. The van der Waals surface area contributed by atoms with E-state index in [0.717, 1.165) is 18.1 Å². The van der Waals surface area contributed by atoms with Gasteiger partial charge in [-0.25, -0.2) is 8.42 Å². The van der Waals surface area contributed by atoms with E-state index in [0.29, 0.717) is 30.6 Å². The highest BCUT2D eigenvalue weighted by atomic mass is 32.2. The van der Waals surface area contributed by atoms with E-state index >= 15 is 0 Å². The molecule has 1 saturated heterocycles. The van der Waals surface area contributed by atoms with Crippen molar-refractivity contribution in [2.45, 2.75) is 30.3 Å².